The van der Waals surface area contributed by atoms with Gasteiger partial charge in [0, 0.05) is 11.3 Å². The van der Waals surface area contributed by atoms with E-state index in [2.05, 4.69) is 10.3 Å². The topological polar surface area (TPSA) is 51.2 Å². The van der Waals surface area contributed by atoms with E-state index in [1.165, 1.54) is 24.3 Å². The molecule has 4 aromatic rings. The Morgan fingerprint density at radius 3 is 2.64 bits per heavy atom. The van der Waals surface area contributed by atoms with Gasteiger partial charge in [0.15, 0.2) is 6.10 Å². The first kappa shape index (κ1) is 18.1. The Morgan fingerprint density at radius 1 is 1.07 bits per heavy atom. The number of anilines is 1. The van der Waals surface area contributed by atoms with Gasteiger partial charge in [0.05, 0.1) is 10.2 Å². The molecule has 0 fully saturated rings. The molecule has 4 rings (SSSR count). The van der Waals surface area contributed by atoms with Crippen molar-refractivity contribution in [2.75, 3.05) is 5.32 Å². The third kappa shape index (κ3) is 4.02. The highest BCUT2D eigenvalue weighted by atomic mass is 32.1. The molecule has 4 nitrogen and oxygen atoms in total. The molecular weight excluding hydrogens is 375 g/mol. The van der Waals surface area contributed by atoms with Crippen LogP contribution in [0.25, 0.3) is 20.8 Å². The minimum Gasteiger partial charge on any atom is -0.481 e. The van der Waals surface area contributed by atoms with Gasteiger partial charge in [-0.25, -0.2) is 9.37 Å². The highest BCUT2D eigenvalue weighted by molar-refractivity contribution is 7.21. The molecule has 0 aliphatic carbocycles. The largest absolute Gasteiger partial charge is 0.481 e. The van der Waals surface area contributed by atoms with E-state index in [0.29, 0.717) is 11.4 Å². The molecule has 140 valence electrons. The summed E-state index contributed by atoms with van der Waals surface area (Å²) in [5, 5.41) is 3.75. The fourth-order valence-electron chi connectivity index (χ4n) is 2.74. The summed E-state index contributed by atoms with van der Waals surface area (Å²) >= 11 is 1.61. The number of carbonyl (C=O) groups excluding carboxylic acids is 1. The van der Waals surface area contributed by atoms with Crippen LogP contribution in [0, 0.1) is 5.82 Å². The lowest BCUT2D eigenvalue weighted by molar-refractivity contribution is -0.122. The summed E-state index contributed by atoms with van der Waals surface area (Å²) in [7, 11) is 0. The number of benzene rings is 3. The monoisotopic (exact) mass is 392 g/mol. The molecule has 1 heterocycles. The lowest BCUT2D eigenvalue weighted by atomic mass is 10.2. The van der Waals surface area contributed by atoms with Crippen LogP contribution in [-0.4, -0.2) is 17.0 Å². The number of thiazole rings is 1. The van der Waals surface area contributed by atoms with Gasteiger partial charge in [-0.15, -0.1) is 11.3 Å². The predicted octanol–water partition coefficient (Wildman–Crippen LogP) is 5.51. The lowest BCUT2D eigenvalue weighted by Crippen LogP contribution is -2.30. The molecule has 0 spiro atoms. The van der Waals surface area contributed by atoms with Crippen molar-refractivity contribution in [2.45, 2.75) is 13.0 Å². The van der Waals surface area contributed by atoms with Crippen LogP contribution in [0.5, 0.6) is 5.75 Å². The summed E-state index contributed by atoms with van der Waals surface area (Å²) in [5.41, 5.74) is 2.56. The Morgan fingerprint density at radius 2 is 1.86 bits per heavy atom. The van der Waals surface area contributed by atoms with Crippen molar-refractivity contribution in [3.8, 4) is 16.3 Å². The van der Waals surface area contributed by atoms with Crippen molar-refractivity contribution in [3.63, 3.8) is 0 Å². The Kier molecular flexibility index (Phi) is 5.04. The number of amides is 1. The first-order valence-electron chi connectivity index (χ1n) is 8.77. The number of aromatic nitrogens is 1. The standard InChI is InChI=1S/C22H17FN2O2S/c1-14(27-18-11-9-16(23)10-12-18)21(26)24-17-6-4-5-15(13-17)22-25-19-7-2-3-8-20(19)28-22/h2-14H,1H3,(H,24,26)/t14-/m1/s1. The molecule has 0 saturated heterocycles. The first-order chi connectivity index (χ1) is 13.6. The van der Waals surface area contributed by atoms with E-state index in [-0.39, 0.29) is 11.7 Å². The maximum atomic E-state index is 13.0. The van der Waals surface area contributed by atoms with Crippen LogP contribution in [-0.2, 0) is 4.79 Å². The second-order valence-electron chi connectivity index (χ2n) is 6.27. The van der Waals surface area contributed by atoms with Crippen molar-refractivity contribution in [1.82, 2.24) is 4.98 Å². The zero-order valence-electron chi connectivity index (χ0n) is 15.1. The average molecular weight is 392 g/mol. The second-order valence-corrected chi connectivity index (χ2v) is 7.30. The summed E-state index contributed by atoms with van der Waals surface area (Å²) < 4.78 is 19.7. The molecule has 0 saturated carbocycles. The number of rotatable bonds is 5. The van der Waals surface area contributed by atoms with E-state index in [0.717, 1.165) is 20.8 Å². The van der Waals surface area contributed by atoms with Gasteiger partial charge in [0.2, 0.25) is 0 Å². The highest BCUT2D eigenvalue weighted by Gasteiger charge is 2.15. The second kappa shape index (κ2) is 7.78. The number of hydrogen-bond acceptors (Lipinski definition) is 4. The average Bonchev–Trinajstić information content (AvgIpc) is 3.14. The summed E-state index contributed by atoms with van der Waals surface area (Å²) in [6.45, 7) is 1.65. The van der Waals surface area contributed by atoms with E-state index in [9.17, 15) is 9.18 Å². The van der Waals surface area contributed by atoms with Crippen LogP contribution in [0.1, 0.15) is 6.92 Å². The summed E-state index contributed by atoms with van der Waals surface area (Å²) in [6, 6.07) is 21.1. The summed E-state index contributed by atoms with van der Waals surface area (Å²) in [6.07, 6.45) is -0.725. The molecule has 1 aromatic heterocycles. The highest BCUT2D eigenvalue weighted by Crippen LogP contribution is 2.31. The number of fused-ring (bicyclic) bond motifs is 1. The molecule has 3 aromatic carbocycles. The molecule has 1 N–H and O–H groups in total. The molecule has 0 radical (unpaired) electrons. The zero-order chi connectivity index (χ0) is 19.5. The first-order valence-corrected chi connectivity index (χ1v) is 9.59. The number of ether oxygens (including phenoxy) is 1. The molecular formula is C22H17FN2O2S. The van der Waals surface area contributed by atoms with E-state index < -0.39 is 6.10 Å². The van der Waals surface area contributed by atoms with Gasteiger partial charge in [-0.2, -0.15) is 0 Å². The minimum absolute atomic E-state index is 0.286. The van der Waals surface area contributed by atoms with E-state index in [1.807, 2.05) is 48.5 Å². The molecule has 1 atom stereocenters. The fraction of sp³-hybridized carbons (Fsp3) is 0.0909. The molecule has 1 amide bonds. The van der Waals surface area contributed by atoms with Gasteiger partial charge in [0.25, 0.3) is 5.91 Å². The zero-order valence-corrected chi connectivity index (χ0v) is 15.9. The van der Waals surface area contributed by atoms with Gasteiger partial charge < -0.3 is 10.1 Å². The predicted molar refractivity (Wildman–Crippen MR) is 110 cm³/mol. The fourth-order valence-corrected chi connectivity index (χ4v) is 3.70. The smallest absolute Gasteiger partial charge is 0.265 e. The number of para-hydroxylation sites is 1. The Balaban J connectivity index is 1.48. The van der Waals surface area contributed by atoms with Crippen molar-refractivity contribution < 1.29 is 13.9 Å². The van der Waals surface area contributed by atoms with Crippen LogP contribution in [0.4, 0.5) is 10.1 Å². The number of nitrogens with one attached hydrogen (secondary N) is 1. The van der Waals surface area contributed by atoms with E-state index >= 15 is 0 Å². The Hall–Kier alpha value is -3.25. The van der Waals surface area contributed by atoms with Gasteiger partial charge in [-0.3, -0.25) is 4.79 Å². The number of carbonyl (C=O) groups is 1. The van der Waals surface area contributed by atoms with E-state index in [1.54, 1.807) is 18.3 Å². The number of nitrogens with zero attached hydrogens (tertiary/aromatic N) is 1. The van der Waals surface area contributed by atoms with Gasteiger partial charge >= 0.3 is 0 Å². The third-order valence-electron chi connectivity index (χ3n) is 4.17. The molecule has 0 unspecified atom stereocenters. The van der Waals surface area contributed by atoms with Crippen molar-refractivity contribution >= 4 is 33.1 Å². The summed E-state index contributed by atoms with van der Waals surface area (Å²) in [4.78, 5) is 17.1. The van der Waals surface area contributed by atoms with Crippen molar-refractivity contribution in [3.05, 3.63) is 78.6 Å². The van der Waals surface area contributed by atoms with Gasteiger partial charge in [0.1, 0.15) is 16.6 Å². The number of hydrogen-bond donors (Lipinski definition) is 1. The minimum atomic E-state index is -0.725. The van der Waals surface area contributed by atoms with Crippen LogP contribution in [0.15, 0.2) is 72.8 Å². The Bertz CT molecular complexity index is 1090. The molecule has 0 aliphatic rings. The summed E-state index contributed by atoms with van der Waals surface area (Å²) in [5.74, 6) is -0.200. The van der Waals surface area contributed by atoms with Crippen molar-refractivity contribution in [1.29, 1.82) is 0 Å². The maximum absolute atomic E-state index is 13.0. The van der Waals surface area contributed by atoms with E-state index in [4.69, 9.17) is 4.74 Å². The number of halogens is 1. The lowest BCUT2D eigenvalue weighted by Gasteiger charge is -2.15. The maximum Gasteiger partial charge on any atom is 0.265 e. The third-order valence-corrected chi connectivity index (χ3v) is 5.25. The van der Waals surface area contributed by atoms with Gasteiger partial charge in [-0.1, -0.05) is 24.3 Å². The molecule has 28 heavy (non-hydrogen) atoms. The van der Waals surface area contributed by atoms with Gasteiger partial charge in [-0.05, 0) is 55.5 Å². The normalized spacial score (nSPS) is 11.9. The van der Waals surface area contributed by atoms with Crippen LogP contribution >= 0.6 is 11.3 Å². The quantitative estimate of drug-likeness (QED) is 0.487. The van der Waals surface area contributed by atoms with Crippen molar-refractivity contribution in [2.24, 2.45) is 0 Å². The molecule has 6 heteroatoms. The Labute approximate surface area is 165 Å². The van der Waals surface area contributed by atoms with Crippen LogP contribution < -0.4 is 10.1 Å². The molecule has 0 aliphatic heterocycles. The molecule has 0 bridgehead atoms. The van der Waals surface area contributed by atoms with Crippen LogP contribution in [0.2, 0.25) is 0 Å². The van der Waals surface area contributed by atoms with Crippen LogP contribution in [0.3, 0.4) is 0 Å². The SMILES string of the molecule is C[C@@H](Oc1ccc(F)cc1)C(=O)Nc1cccc(-c2nc3ccccc3s2)c1.